The van der Waals surface area contributed by atoms with E-state index >= 15 is 0 Å². The molecule has 0 spiro atoms. The number of carbonyl (C=O) groups is 2. The van der Waals surface area contributed by atoms with E-state index in [1.807, 2.05) is 36.4 Å². The highest BCUT2D eigenvalue weighted by molar-refractivity contribution is 7.88. The van der Waals surface area contributed by atoms with E-state index in [9.17, 15) is 18.0 Å². The van der Waals surface area contributed by atoms with Crippen LogP contribution in [0.3, 0.4) is 0 Å². The highest BCUT2D eigenvalue weighted by atomic mass is 32.2. The van der Waals surface area contributed by atoms with Crippen LogP contribution in [0.5, 0.6) is 5.75 Å². The predicted molar refractivity (Wildman–Crippen MR) is 126 cm³/mol. The van der Waals surface area contributed by atoms with Crippen LogP contribution < -0.4 is 15.0 Å². The highest BCUT2D eigenvalue weighted by Gasteiger charge is 2.38. The largest absolute Gasteiger partial charge is 0.477 e. The van der Waals surface area contributed by atoms with E-state index in [0.29, 0.717) is 43.8 Å². The first kappa shape index (κ1) is 23.3. The van der Waals surface area contributed by atoms with Crippen molar-refractivity contribution in [2.45, 2.75) is 25.4 Å². The number of fused-ring (bicyclic) bond motifs is 1. The number of hydrogen-bond donors (Lipinski definition) is 1. The summed E-state index contributed by atoms with van der Waals surface area (Å²) in [5.74, 6) is -0.446. The molecular formula is C24H29N3O5S. The van der Waals surface area contributed by atoms with Gasteiger partial charge in [-0.15, -0.1) is 0 Å². The lowest BCUT2D eigenvalue weighted by atomic mass is 9.97. The SMILES string of the molecule is CS(=O)(=O)N1CCC[C@H](C(=O)N2C[C@H](C(=O)NCCc3ccccc3)Oc3ccccc32)C1. The topological polar surface area (TPSA) is 96.0 Å². The van der Waals surface area contributed by atoms with E-state index in [2.05, 4.69) is 5.32 Å². The van der Waals surface area contributed by atoms with Crippen molar-refractivity contribution in [2.75, 3.05) is 37.3 Å². The van der Waals surface area contributed by atoms with E-state index in [-0.39, 0.29) is 24.9 Å². The Bertz CT molecular complexity index is 1110. The van der Waals surface area contributed by atoms with Crippen LogP contribution in [0.4, 0.5) is 5.69 Å². The van der Waals surface area contributed by atoms with Crippen molar-refractivity contribution in [1.82, 2.24) is 9.62 Å². The van der Waals surface area contributed by atoms with Gasteiger partial charge in [-0.1, -0.05) is 42.5 Å². The van der Waals surface area contributed by atoms with E-state index in [4.69, 9.17) is 4.74 Å². The third-order valence-corrected chi connectivity index (χ3v) is 7.36. The van der Waals surface area contributed by atoms with Gasteiger partial charge in [0.15, 0.2) is 6.10 Å². The van der Waals surface area contributed by atoms with Crippen molar-refractivity contribution in [2.24, 2.45) is 5.92 Å². The van der Waals surface area contributed by atoms with Crippen LogP contribution in [0.2, 0.25) is 0 Å². The molecule has 1 N–H and O–H groups in total. The number of rotatable bonds is 6. The van der Waals surface area contributed by atoms with Crippen molar-refractivity contribution >= 4 is 27.5 Å². The first-order valence-electron chi connectivity index (χ1n) is 11.2. The molecule has 1 saturated heterocycles. The molecule has 0 radical (unpaired) electrons. The van der Waals surface area contributed by atoms with Gasteiger partial charge in [0, 0.05) is 19.6 Å². The lowest BCUT2D eigenvalue weighted by Gasteiger charge is -2.38. The van der Waals surface area contributed by atoms with E-state index in [1.54, 1.807) is 23.1 Å². The normalized spacial score (nSPS) is 21.1. The van der Waals surface area contributed by atoms with Gasteiger partial charge in [0.1, 0.15) is 5.75 Å². The number of sulfonamides is 1. The average molecular weight is 472 g/mol. The van der Waals surface area contributed by atoms with Crippen LogP contribution in [0, 0.1) is 5.92 Å². The lowest BCUT2D eigenvalue weighted by Crippen LogP contribution is -2.54. The molecule has 0 aliphatic carbocycles. The van der Waals surface area contributed by atoms with Gasteiger partial charge in [0.25, 0.3) is 5.91 Å². The number of piperidine rings is 1. The molecule has 4 rings (SSSR count). The third kappa shape index (κ3) is 5.54. The first-order chi connectivity index (χ1) is 15.8. The number of nitrogens with one attached hydrogen (secondary N) is 1. The third-order valence-electron chi connectivity index (χ3n) is 6.09. The van der Waals surface area contributed by atoms with Gasteiger partial charge in [-0.25, -0.2) is 12.7 Å². The van der Waals surface area contributed by atoms with Gasteiger partial charge < -0.3 is 15.0 Å². The Hall–Kier alpha value is -2.91. The molecular weight excluding hydrogens is 442 g/mol. The summed E-state index contributed by atoms with van der Waals surface area (Å²) < 4.78 is 31.3. The Morgan fingerprint density at radius 1 is 1.06 bits per heavy atom. The summed E-state index contributed by atoms with van der Waals surface area (Å²) in [7, 11) is -3.37. The van der Waals surface area contributed by atoms with Crippen LogP contribution >= 0.6 is 0 Å². The zero-order valence-electron chi connectivity index (χ0n) is 18.6. The molecule has 33 heavy (non-hydrogen) atoms. The second-order valence-corrected chi connectivity index (χ2v) is 10.5. The Morgan fingerprint density at radius 3 is 2.55 bits per heavy atom. The Kier molecular flexibility index (Phi) is 6.99. The molecule has 9 heteroatoms. The van der Waals surface area contributed by atoms with Crippen LogP contribution in [-0.2, 0) is 26.0 Å². The number of amides is 2. The molecule has 0 unspecified atom stereocenters. The highest BCUT2D eigenvalue weighted by Crippen LogP contribution is 2.35. The lowest BCUT2D eigenvalue weighted by molar-refractivity contribution is -0.129. The predicted octanol–water partition coefficient (Wildman–Crippen LogP) is 1.81. The maximum Gasteiger partial charge on any atom is 0.262 e. The fourth-order valence-electron chi connectivity index (χ4n) is 4.33. The van der Waals surface area contributed by atoms with Gasteiger partial charge >= 0.3 is 0 Å². The maximum atomic E-state index is 13.5. The number of nitrogens with zero attached hydrogens (tertiary/aromatic N) is 2. The summed E-state index contributed by atoms with van der Waals surface area (Å²) in [4.78, 5) is 27.9. The minimum Gasteiger partial charge on any atom is -0.477 e. The number of para-hydroxylation sites is 2. The molecule has 0 bridgehead atoms. The van der Waals surface area contributed by atoms with Gasteiger partial charge in [0.2, 0.25) is 15.9 Å². The standard InChI is InChI=1S/C24H29N3O5S/c1-33(30,31)26-15-7-10-19(16-26)24(29)27-17-22(32-21-12-6-5-11-20(21)27)23(28)25-14-13-18-8-3-2-4-9-18/h2-6,8-9,11-12,19,22H,7,10,13-17H2,1H3,(H,25,28)/t19-,22+/m0/s1. The molecule has 2 aromatic rings. The second-order valence-electron chi connectivity index (χ2n) is 8.51. The number of carbonyl (C=O) groups excluding carboxylic acids is 2. The first-order valence-corrected chi connectivity index (χ1v) is 13.0. The molecule has 2 atom stereocenters. The quantitative estimate of drug-likeness (QED) is 0.693. The van der Waals surface area contributed by atoms with Gasteiger partial charge in [-0.3, -0.25) is 9.59 Å². The Labute approximate surface area is 194 Å². The van der Waals surface area contributed by atoms with Crippen LogP contribution in [0.25, 0.3) is 0 Å². The van der Waals surface area contributed by atoms with Gasteiger partial charge in [-0.2, -0.15) is 0 Å². The van der Waals surface area contributed by atoms with Crippen molar-refractivity contribution in [3.63, 3.8) is 0 Å². The van der Waals surface area contributed by atoms with Crippen LogP contribution in [0.15, 0.2) is 54.6 Å². The average Bonchev–Trinajstić information content (AvgIpc) is 2.83. The Balaban J connectivity index is 1.46. The zero-order valence-corrected chi connectivity index (χ0v) is 19.5. The number of hydrogen-bond acceptors (Lipinski definition) is 5. The molecule has 2 amide bonds. The van der Waals surface area contributed by atoms with Crippen molar-refractivity contribution in [3.05, 3.63) is 60.2 Å². The van der Waals surface area contributed by atoms with Crippen molar-refractivity contribution in [1.29, 1.82) is 0 Å². The summed E-state index contributed by atoms with van der Waals surface area (Å²) in [5.41, 5.74) is 1.73. The second kappa shape index (κ2) is 9.93. The summed E-state index contributed by atoms with van der Waals surface area (Å²) >= 11 is 0. The fourth-order valence-corrected chi connectivity index (χ4v) is 5.25. The monoisotopic (exact) mass is 471 g/mol. The smallest absolute Gasteiger partial charge is 0.262 e. The van der Waals surface area contributed by atoms with Crippen LogP contribution in [0.1, 0.15) is 18.4 Å². The fraction of sp³-hybridized carbons (Fsp3) is 0.417. The number of anilines is 1. The Morgan fingerprint density at radius 2 is 1.79 bits per heavy atom. The molecule has 2 aromatic carbocycles. The van der Waals surface area contributed by atoms with Gasteiger partial charge in [0.05, 0.1) is 24.4 Å². The van der Waals surface area contributed by atoms with E-state index in [0.717, 1.165) is 5.56 Å². The minimum atomic E-state index is -3.37. The number of ether oxygens (including phenoxy) is 1. The number of benzene rings is 2. The van der Waals surface area contributed by atoms with E-state index < -0.39 is 22.0 Å². The molecule has 1 fully saturated rings. The summed E-state index contributed by atoms with van der Waals surface area (Å²) in [5, 5.41) is 2.91. The van der Waals surface area contributed by atoms with Gasteiger partial charge in [-0.05, 0) is 37.0 Å². The van der Waals surface area contributed by atoms with Crippen molar-refractivity contribution in [3.8, 4) is 5.75 Å². The zero-order chi connectivity index (χ0) is 23.4. The molecule has 0 aromatic heterocycles. The summed E-state index contributed by atoms with van der Waals surface area (Å²) in [6.07, 6.45) is 2.26. The van der Waals surface area contributed by atoms with Crippen LogP contribution in [-0.4, -0.2) is 63.1 Å². The molecule has 2 heterocycles. The molecule has 0 saturated carbocycles. The van der Waals surface area contributed by atoms with Crippen molar-refractivity contribution < 1.29 is 22.7 Å². The maximum absolute atomic E-state index is 13.5. The minimum absolute atomic E-state index is 0.0857. The summed E-state index contributed by atoms with van der Waals surface area (Å²) in [6, 6.07) is 17.0. The molecule has 8 nitrogen and oxygen atoms in total. The molecule has 2 aliphatic rings. The molecule has 2 aliphatic heterocycles. The van der Waals surface area contributed by atoms with E-state index in [1.165, 1.54) is 10.6 Å². The summed E-state index contributed by atoms with van der Waals surface area (Å²) in [6.45, 7) is 1.13. The molecule has 176 valence electrons.